The zero-order valence-corrected chi connectivity index (χ0v) is 11.1. The van der Waals surface area contributed by atoms with Crippen molar-refractivity contribution >= 4 is 16.8 Å². The Morgan fingerprint density at radius 1 is 1.22 bits per heavy atom. The highest BCUT2D eigenvalue weighted by atomic mass is 16.2. The van der Waals surface area contributed by atoms with E-state index < -0.39 is 0 Å². The van der Waals surface area contributed by atoms with Crippen LogP contribution in [0.1, 0.15) is 35.9 Å². The van der Waals surface area contributed by atoms with Crippen LogP contribution in [0.15, 0.2) is 24.3 Å². The van der Waals surface area contributed by atoms with Crippen molar-refractivity contribution in [2.45, 2.75) is 26.3 Å². The van der Waals surface area contributed by atoms with Crippen LogP contribution in [0.25, 0.3) is 10.9 Å². The Balaban J connectivity index is 2.40. The number of para-hydroxylation sites is 1. The highest BCUT2D eigenvalue weighted by Gasteiger charge is 2.29. The first-order valence-electron chi connectivity index (χ1n) is 6.48. The van der Waals surface area contributed by atoms with Gasteiger partial charge in [0.15, 0.2) is 0 Å². The van der Waals surface area contributed by atoms with Crippen molar-refractivity contribution in [3.63, 3.8) is 0 Å². The van der Waals surface area contributed by atoms with Crippen LogP contribution in [-0.4, -0.2) is 29.0 Å². The van der Waals surface area contributed by atoms with Crippen molar-refractivity contribution in [1.82, 2.24) is 9.47 Å². The highest BCUT2D eigenvalue weighted by molar-refractivity contribution is 6.02. The number of fused-ring (bicyclic) bond motifs is 3. The number of carbonyl (C=O) groups excluding carboxylic acids is 1. The summed E-state index contributed by atoms with van der Waals surface area (Å²) in [4.78, 5) is 14.2. The molecule has 1 aromatic heterocycles. The standard InChI is InChI=1S/C15H18N2O/c1-10(2)17-13-7-5-4-6-11(13)12-8-9-16(3)15(18)14(12)17/h4-7,10H,8-9H2,1-3H3. The van der Waals surface area contributed by atoms with Gasteiger partial charge in [-0.3, -0.25) is 4.79 Å². The van der Waals surface area contributed by atoms with Crippen molar-refractivity contribution in [2.24, 2.45) is 0 Å². The Morgan fingerprint density at radius 2 is 1.94 bits per heavy atom. The maximum atomic E-state index is 12.4. The summed E-state index contributed by atoms with van der Waals surface area (Å²) in [6.45, 7) is 5.08. The molecule has 0 unspecified atom stereocenters. The summed E-state index contributed by atoms with van der Waals surface area (Å²) in [7, 11) is 1.88. The van der Waals surface area contributed by atoms with Crippen LogP contribution in [0.5, 0.6) is 0 Å². The van der Waals surface area contributed by atoms with Crippen molar-refractivity contribution in [3.8, 4) is 0 Å². The fourth-order valence-electron chi connectivity index (χ4n) is 2.92. The molecular formula is C15H18N2O. The lowest BCUT2D eigenvalue weighted by molar-refractivity contribution is 0.0768. The number of hydrogen-bond acceptors (Lipinski definition) is 1. The second-order valence-electron chi connectivity index (χ2n) is 5.28. The van der Waals surface area contributed by atoms with Gasteiger partial charge in [0, 0.05) is 30.5 Å². The predicted octanol–water partition coefficient (Wildman–Crippen LogP) is 2.85. The molecule has 0 spiro atoms. The Hall–Kier alpha value is -1.77. The summed E-state index contributed by atoms with van der Waals surface area (Å²) in [6.07, 6.45) is 0.956. The van der Waals surface area contributed by atoms with Gasteiger partial charge in [-0.1, -0.05) is 18.2 Å². The monoisotopic (exact) mass is 242 g/mol. The van der Waals surface area contributed by atoms with Gasteiger partial charge < -0.3 is 9.47 Å². The molecule has 94 valence electrons. The number of likely N-dealkylation sites (N-methyl/N-ethyl adjacent to an activating group) is 1. The van der Waals surface area contributed by atoms with Gasteiger partial charge in [0.1, 0.15) is 5.69 Å². The second-order valence-corrected chi connectivity index (χ2v) is 5.28. The first kappa shape index (κ1) is 11.3. The molecular weight excluding hydrogens is 224 g/mol. The van der Waals surface area contributed by atoms with Gasteiger partial charge in [-0.25, -0.2) is 0 Å². The summed E-state index contributed by atoms with van der Waals surface area (Å²) in [6, 6.07) is 8.64. The van der Waals surface area contributed by atoms with E-state index in [1.54, 1.807) is 0 Å². The van der Waals surface area contributed by atoms with Gasteiger partial charge in [-0.15, -0.1) is 0 Å². The van der Waals surface area contributed by atoms with E-state index in [4.69, 9.17) is 0 Å². The first-order valence-corrected chi connectivity index (χ1v) is 6.48. The molecule has 1 amide bonds. The zero-order valence-electron chi connectivity index (χ0n) is 11.1. The van der Waals surface area contributed by atoms with Crippen LogP contribution in [-0.2, 0) is 6.42 Å². The molecule has 2 aromatic rings. The van der Waals surface area contributed by atoms with E-state index in [0.29, 0.717) is 6.04 Å². The number of aromatic nitrogens is 1. The quantitative estimate of drug-likeness (QED) is 0.755. The van der Waals surface area contributed by atoms with Gasteiger partial charge in [-0.2, -0.15) is 0 Å². The van der Waals surface area contributed by atoms with E-state index >= 15 is 0 Å². The molecule has 2 heterocycles. The summed E-state index contributed by atoms with van der Waals surface area (Å²) >= 11 is 0. The average Bonchev–Trinajstić information content (AvgIpc) is 2.69. The number of carbonyl (C=O) groups is 1. The van der Waals surface area contributed by atoms with E-state index in [2.05, 4.69) is 36.6 Å². The summed E-state index contributed by atoms with van der Waals surface area (Å²) in [5.41, 5.74) is 3.29. The van der Waals surface area contributed by atoms with Crippen molar-refractivity contribution in [1.29, 1.82) is 0 Å². The van der Waals surface area contributed by atoms with Gasteiger partial charge in [0.05, 0.1) is 0 Å². The summed E-state index contributed by atoms with van der Waals surface area (Å²) in [5, 5.41) is 1.24. The molecule has 3 nitrogen and oxygen atoms in total. The molecule has 0 aliphatic carbocycles. The highest BCUT2D eigenvalue weighted by Crippen LogP contribution is 2.32. The Bertz CT molecular complexity index is 625. The normalized spacial score (nSPS) is 15.6. The fourth-order valence-corrected chi connectivity index (χ4v) is 2.92. The lowest BCUT2D eigenvalue weighted by Gasteiger charge is -2.25. The molecule has 1 aliphatic heterocycles. The zero-order chi connectivity index (χ0) is 12.9. The molecule has 0 radical (unpaired) electrons. The Kier molecular flexibility index (Phi) is 2.44. The first-order chi connectivity index (χ1) is 8.61. The molecule has 0 fully saturated rings. The molecule has 0 N–H and O–H groups in total. The van der Waals surface area contributed by atoms with Crippen LogP contribution in [0.3, 0.4) is 0 Å². The van der Waals surface area contributed by atoms with Crippen molar-refractivity contribution in [3.05, 3.63) is 35.5 Å². The second kappa shape index (κ2) is 3.87. The Labute approximate surface area is 107 Å². The molecule has 0 saturated carbocycles. The molecule has 1 aromatic carbocycles. The van der Waals surface area contributed by atoms with Crippen LogP contribution in [0.4, 0.5) is 0 Å². The number of nitrogens with zero attached hydrogens (tertiary/aromatic N) is 2. The average molecular weight is 242 g/mol. The van der Waals surface area contributed by atoms with Crippen LogP contribution in [0, 0.1) is 0 Å². The smallest absolute Gasteiger partial charge is 0.270 e. The van der Waals surface area contributed by atoms with Gasteiger partial charge in [0.2, 0.25) is 0 Å². The van der Waals surface area contributed by atoms with Gasteiger partial charge in [0.25, 0.3) is 5.91 Å². The molecule has 0 saturated heterocycles. The third-order valence-corrected chi connectivity index (χ3v) is 3.78. The van der Waals surface area contributed by atoms with E-state index in [1.807, 2.05) is 18.0 Å². The Morgan fingerprint density at radius 3 is 2.67 bits per heavy atom. The molecule has 18 heavy (non-hydrogen) atoms. The maximum absolute atomic E-state index is 12.4. The lowest BCUT2D eigenvalue weighted by Crippen LogP contribution is -2.35. The summed E-state index contributed by atoms with van der Waals surface area (Å²) in [5.74, 6) is 0.154. The van der Waals surface area contributed by atoms with Crippen LogP contribution < -0.4 is 0 Å². The molecule has 0 atom stereocenters. The third kappa shape index (κ3) is 1.40. The number of rotatable bonds is 1. The third-order valence-electron chi connectivity index (χ3n) is 3.78. The number of amides is 1. The largest absolute Gasteiger partial charge is 0.340 e. The van der Waals surface area contributed by atoms with Crippen LogP contribution in [0.2, 0.25) is 0 Å². The van der Waals surface area contributed by atoms with Gasteiger partial charge >= 0.3 is 0 Å². The SMILES string of the molecule is CC(C)n1c2c(c3ccccc31)CCN(C)C2=O. The van der Waals surface area contributed by atoms with Crippen LogP contribution >= 0.6 is 0 Å². The number of hydrogen-bond donors (Lipinski definition) is 0. The predicted molar refractivity (Wildman–Crippen MR) is 73.0 cm³/mol. The maximum Gasteiger partial charge on any atom is 0.270 e. The molecule has 3 heteroatoms. The summed E-state index contributed by atoms with van der Waals surface area (Å²) < 4.78 is 2.18. The minimum atomic E-state index is 0.154. The van der Waals surface area contributed by atoms with E-state index in [-0.39, 0.29) is 5.91 Å². The van der Waals surface area contributed by atoms with Crippen molar-refractivity contribution < 1.29 is 4.79 Å². The minimum Gasteiger partial charge on any atom is -0.340 e. The van der Waals surface area contributed by atoms with E-state index in [1.165, 1.54) is 16.5 Å². The number of benzene rings is 1. The minimum absolute atomic E-state index is 0.154. The topological polar surface area (TPSA) is 25.2 Å². The molecule has 0 bridgehead atoms. The molecule has 3 rings (SSSR count). The lowest BCUT2D eigenvalue weighted by atomic mass is 10.0. The van der Waals surface area contributed by atoms with Gasteiger partial charge in [-0.05, 0) is 31.9 Å². The van der Waals surface area contributed by atoms with Crippen molar-refractivity contribution in [2.75, 3.05) is 13.6 Å². The van der Waals surface area contributed by atoms with E-state index in [9.17, 15) is 4.79 Å². The molecule has 1 aliphatic rings. The van der Waals surface area contributed by atoms with E-state index in [0.717, 1.165) is 18.7 Å². The fraction of sp³-hybridized carbons (Fsp3) is 0.400.